The van der Waals surface area contributed by atoms with Crippen molar-refractivity contribution < 1.29 is 0 Å². The first kappa shape index (κ1) is 20.5. The number of aromatic nitrogens is 3. The number of fused-ring (bicyclic) bond motifs is 2. The van der Waals surface area contributed by atoms with Crippen molar-refractivity contribution >= 4 is 33.3 Å². The Hall–Kier alpha value is -2.73. The molecule has 1 aromatic carbocycles. The molecule has 6 heteroatoms. The summed E-state index contributed by atoms with van der Waals surface area (Å²) in [7, 11) is 0. The van der Waals surface area contributed by atoms with Gasteiger partial charge in [-0.05, 0) is 44.7 Å². The molecule has 0 fully saturated rings. The van der Waals surface area contributed by atoms with Crippen LogP contribution in [0.3, 0.4) is 0 Å². The maximum atomic E-state index is 13.2. The van der Waals surface area contributed by atoms with Gasteiger partial charge in [0.25, 0.3) is 11.1 Å². The van der Waals surface area contributed by atoms with Crippen molar-refractivity contribution in [2.75, 3.05) is 0 Å². The molecule has 0 radical (unpaired) electrons. The van der Waals surface area contributed by atoms with Crippen molar-refractivity contribution in [1.29, 1.82) is 0 Å². The fraction of sp³-hybridized carbons (Fsp3) is 0.375. The van der Waals surface area contributed by atoms with Crippen LogP contribution in [-0.2, 0) is 6.54 Å². The Morgan fingerprint density at radius 2 is 1.87 bits per heavy atom. The summed E-state index contributed by atoms with van der Waals surface area (Å²) in [5, 5.41) is 1.14. The highest BCUT2D eigenvalue weighted by Crippen LogP contribution is 2.29. The molecule has 0 aliphatic carbocycles. The second-order valence-electron chi connectivity index (χ2n) is 8.23. The summed E-state index contributed by atoms with van der Waals surface area (Å²) in [6.45, 7) is 13.1. The Kier molecular flexibility index (Phi) is 5.14. The van der Waals surface area contributed by atoms with Gasteiger partial charge >= 0.3 is 0 Å². The Labute approximate surface area is 179 Å². The van der Waals surface area contributed by atoms with E-state index < -0.39 is 0 Å². The predicted octanol–water partition coefficient (Wildman–Crippen LogP) is 4.08. The molecule has 0 N–H and O–H groups in total. The highest BCUT2D eigenvalue weighted by atomic mass is 32.1. The van der Waals surface area contributed by atoms with E-state index in [4.69, 9.17) is 0 Å². The summed E-state index contributed by atoms with van der Waals surface area (Å²) in [6, 6.07) is 6.28. The third-order valence-electron chi connectivity index (χ3n) is 5.79. The smallest absolute Gasteiger partial charge is 0.277 e. The molecule has 0 aliphatic heterocycles. The molecule has 3 heterocycles. The first-order chi connectivity index (χ1) is 14.3. The number of para-hydroxylation sites is 1. The van der Waals surface area contributed by atoms with Crippen LogP contribution in [0.15, 0.2) is 27.8 Å². The minimum atomic E-state index is -0.280. The monoisotopic (exact) mass is 421 g/mol. The number of hydrogen-bond acceptors (Lipinski definition) is 4. The molecule has 4 aromatic rings. The first-order valence-electron chi connectivity index (χ1n) is 10.4. The van der Waals surface area contributed by atoms with E-state index in [1.54, 1.807) is 0 Å². The maximum absolute atomic E-state index is 13.2. The van der Waals surface area contributed by atoms with E-state index in [1.807, 2.05) is 26.8 Å². The molecule has 0 unspecified atom stereocenters. The van der Waals surface area contributed by atoms with Gasteiger partial charge in [0.2, 0.25) is 4.96 Å². The average molecular weight is 422 g/mol. The Morgan fingerprint density at radius 3 is 2.53 bits per heavy atom. The summed E-state index contributed by atoms with van der Waals surface area (Å²) < 4.78 is 4.12. The van der Waals surface area contributed by atoms with Crippen molar-refractivity contribution in [2.24, 2.45) is 0 Å². The molecule has 3 aromatic heterocycles. The fourth-order valence-electron chi connectivity index (χ4n) is 4.43. The van der Waals surface area contributed by atoms with E-state index in [0.29, 0.717) is 20.8 Å². The lowest BCUT2D eigenvalue weighted by molar-refractivity contribution is 0.684. The molecule has 5 nitrogen and oxygen atoms in total. The number of thiazole rings is 1. The number of nitrogens with zero attached hydrogens (tertiary/aromatic N) is 3. The molecule has 30 heavy (non-hydrogen) atoms. The summed E-state index contributed by atoms with van der Waals surface area (Å²) in [5.41, 5.74) is 5.40. The number of benzene rings is 1. The minimum absolute atomic E-state index is 0.0193. The van der Waals surface area contributed by atoms with Crippen LogP contribution < -0.4 is 15.7 Å². The SMILES string of the molecule is CCCn1c(C)c(/C=c2\sc3nc(C)c(C(C)C)c(=O)n3c2=O)c2cccc(C)c21. The van der Waals surface area contributed by atoms with Crippen LogP contribution in [0.25, 0.3) is 21.9 Å². The van der Waals surface area contributed by atoms with Crippen LogP contribution >= 0.6 is 11.3 Å². The van der Waals surface area contributed by atoms with Crippen LogP contribution in [-0.4, -0.2) is 14.0 Å². The summed E-state index contributed by atoms with van der Waals surface area (Å²) in [4.78, 5) is 31.2. The molecule has 0 spiro atoms. The maximum Gasteiger partial charge on any atom is 0.277 e. The lowest BCUT2D eigenvalue weighted by Gasteiger charge is -2.07. The van der Waals surface area contributed by atoms with Gasteiger partial charge in [0.05, 0.1) is 10.0 Å². The number of aryl methyl sites for hydroxylation is 3. The Bertz CT molecular complexity index is 1450. The molecule has 4 rings (SSSR count). The zero-order valence-corrected chi connectivity index (χ0v) is 19.2. The molecule has 0 aliphatic rings. The van der Waals surface area contributed by atoms with E-state index in [0.717, 1.165) is 29.6 Å². The Balaban J connectivity index is 2.08. The Morgan fingerprint density at radius 1 is 1.13 bits per heavy atom. The van der Waals surface area contributed by atoms with Crippen molar-refractivity contribution in [3.8, 4) is 0 Å². The third kappa shape index (κ3) is 3.01. The zero-order chi connectivity index (χ0) is 21.7. The van der Waals surface area contributed by atoms with Gasteiger partial charge in [0, 0.05) is 34.4 Å². The van der Waals surface area contributed by atoms with E-state index in [9.17, 15) is 9.59 Å². The second kappa shape index (κ2) is 7.51. The summed E-state index contributed by atoms with van der Waals surface area (Å²) >= 11 is 1.29. The highest BCUT2D eigenvalue weighted by Gasteiger charge is 2.18. The number of hydrogen-bond donors (Lipinski definition) is 0. The van der Waals surface area contributed by atoms with E-state index in [-0.39, 0.29) is 17.0 Å². The van der Waals surface area contributed by atoms with Crippen LogP contribution in [0.2, 0.25) is 0 Å². The molecular weight excluding hydrogens is 394 g/mol. The fourth-order valence-corrected chi connectivity index (χ4v) is 5.42. The molecular formula is C24H27N3O2S. The van der Waals surface area contributed by atoms with Gasteiger partial charge in [-0.2, -0.15) is 0 Å². The van der Waals surface area contributed by atoms with Gasteiger partial charge in [-0.25, -0.2) is 9.38 Å². The molecule has 156 valence electrons. The van der Waals surface area contributed by atoms with Gasteiger partial charge in [-0.1, -0.05) is 50.3 Å². The van der Waals surface area contributed by atoms with Gasteiger partial charge in [0.15, 0.2) is 0 Å². The molecule has 0 amide bonds. The van der Waals surface area contributed by atoms with Gasteiger partial charge in [-0.3, -0.25) is 9.59 Å². The van der Waals surface area contributed by atoms with E-state index >= 15 is 0 Å². The first-order valence-corrected chi connectivity index (χ1v) is 11.2. The molecule has 0 atom stereocenters. The second-order valence-corrected chi connectivity index (χ2v) is 9.24. The molecule has 0 saturated heterocycles. The van der Waals surface area contributed by atoms with E-state index in [1.165, 1.54) is 26.8 Å². The predicted molar refractivity (Wildman–Crippen MR) is 125 cm³/mol. The topological polar surface area (TPSA) is 56.4 Å². The highest BCUT2D eigenvalue weighted by molar-refractivity contribution is 7.15. The zero-order valence-electron chi connectivity index (χ0n) is 18.4. The lowest BCUT2D eigenvalue weighted by Crippen LogP contribution is -2.33. The average Bonchev–Trinajstić information content (AvgIpc) is 3.12. The molecule has 0 bridgehead atoms. The van der Waals surface area contributed by atoms with Crippen molar-refractivity contribution in [1.82, 2.24) is 14.0 Å². The lowest BCUT2D eigenvalue weighted by atomic mass is 10.0. The third-order valence-corrected chi connectivity index (χ3v) is 6.75. The van der Waals surface area contributed by atoms with E-state index in [2.05, 4.69) is 48.5 Å². The van der Waals surface area contributed by atoms with Gasteiger partial charge in [0.1, 0.15) is 0 Å². The normalized spacial score (nSPS) is 12.7. The van der Waals surface area contributed by atoms with Gasteiger partial charge < -0.3 is 4.57 Å². The summed E-state index contributed by atoms with van der Waals surface area (Å²) in [5.74, 6) is 0.0193. The van der Waals surface area contributed by atoms with Gasteiger partial charge in [-0.15, -0.1) is 0 Å². The molecule has 0 saturated carbocycles. The number of rotatable bonds is 4. The van der Waals surface area contributed by atoms with Crippen LogP contribution in [0, 0.1) is 20.8 Å². The van der Waals surface area contributed by atoms with Crippen LogP contribution in [0.5, 0.6) is 0 Å². The van der Waals surface area contributed by atoms with Crippen molar-refractivity contribution in [3.05, 3.63) is 71.5 Å². The minimum Gasteiger partial charge on any atom is -0.344 e. The van der Waals surface area contributed by atoms with Crippen LogP contribution in [0.4, 0.5) is 0 Å². The van der Waals surface area contributed by atoms with Crippen molar-refractivity contribution in [2.45, 2.75) is 60.4 Å². The quantitative estimate of drug-likeness (QED) is 0.499. The van der Waals surface area contributed by atoms with Crippen LogP contribution in [0.1, 0.15) is 61.2 Å². The van der Waals surface area contributed by atoms with Crippen molar-refractivity contribution in [3.63, 3.8) is 0 Å². The standard InChI is InChI=1S/C24H27N3O2S/c1-7-11-26-16(6)18(17-10-8-9-14(4)21(17)26)12-19-22(28)27-23(29)20(13(2)3)15(5)25-24(27)30-19/h8-10,12-13H,7,11H2,1-6H3/b19-12-. The summed E-state index contributed by atoms with van der Waals surface area (Å²) in [6.07, 6.45) is 2.97. The largest absolute Gasteiger partial charge is 0.344 e.